The summed E-state index contributed by atoms with van der Waals surface area (Å²) < 4.78 is 48.1. The van der Waals surface area contributed by atoms with E-state index in [2.05, 4.69) is 10.1 Å². The zero-order valence-electron chi connectivity index (χ0n) is 17.4. The van der Waals surface area contributed by atoms with Crippen LogP contribution in [-0.2, 0) is 10.2 Å². The summed E-state index contributed by atoms with van der Waals surface area (Å²) in [7, 11) is 1.48. The number of methoxy groups -OCH3 is 1. The number of benzene rings is 3. The molecule has 0 aliphatic heterocycles. The normalized spacial score (nSPS) is 14.4. The van der Waals surface area contributed by atoms with Crippen LogP contribution in [0.5, 0.6) is 23.0 Å². The average Bonchev–Trinajstić information content (AvgIpc) is 3.58. The van der Waals surface area contributed by atoms with Gasteiger partial charge in [0.25, 0.3) is 0 Å². The van der Waals surface area contributed by atoms with Crippen LogP contribution in [0.25, 0.3) is 11.1 Å². The molecule has 0 saturated heterocycles. The van der Waals surface area contributed by atoms with E-state index in [0.29, 0.717) is 29.7 Å². The van der Waals surface area contributed by atoms with Crippen molar-refractivity contribution < 1.29 is 37.7 Å². The molecule has 0 bridgehead atoms. The van der Waals surface area contributed by atoms with E-state index >= 15 is 0 Å². The third-order valence-electron chi connectivity index (χ3n) is 5.58. The van der Waals surface area contributed by atoms with Crippen molar-refractivity contribution >= 4 is 11.6 Å². The van der Waals surface area contributed by atoms with Gasteiger partial charge >= 0.3 is 6.36 Å². The van der Waals surface area contributed by atoms with Gasteiger partial charge in [0, 0.05) is 11.3 Å². The van der Waals surface area contributed by atoms with Crippen LogP contribution in [0.3, 0.4) is 0 Å². The Labute approximate surface area is 187 Å². The summed E-state index contributed by atoms with van der Waals surface area (Å²) >= 11 is 0. The van der Waals surface area contributed by atoms with Crippen molar-refractivity contribution in [2.45, 2.75) is 24.6 Å². The van der Waals surface area contributed by atoms with Gasteiger partial charge in [-0.15, -0.1) is 13.2 Å². The number of hydrogen-bond acceptors (Lipinski definition) is 5. The Morgan fingerprint density at radius 1 is 0.970 bits per heavy atom. The van der Waals surface area contributed by atoms with Crippen LogP contribution in [0, 0.1) is 0 Å². The Bertz CT molecular complexity index is 1190. The predicted molar refractivity (Wildman–Crippen MR) is 114 cm³/mol. The molecule has 4 rings (SSSR count). The number of halogens is 3. The maximum atomic E-state index is 13.1. The molecular weight excluding hydrogens is 439 g/mol. The predicted octanol–water partition coefficient (Wildman–Crippen LogP) is 5.34. The van der Waals surface area contributed by atoms with Crippen molar-refractivity contribution in [3.8, 4) is 34.1 Å². The van der Waals surface area contributed by atoms with E-state index in [4.69, 9.17) is 4.74 Å². The third kappa shape index (κ3) is 4.67. The van der Waals surface area contributed by atoms with E-state index in [9.17, 15) is 28.2 Å². The fourth-order valence-corrected chi connectivity index (χ4v) is 3.66. The van der Waals surface area contributed by atoms with Crippen LogP contribution in [0.1, 0.15) is 18.4 Å². The lowest BCUT2D eigenvalue weighted by Gasteiger charge is -2.18. The molecule has 1 aliphatic rings. The summed E-state index contributed by atoms with van der Waals surface area (Å²) in [5.41, 5.74) is 0.528. The van der Waals surface area contributed by atoms with Crippen LogP contribution < -0.4 is 14.8 Å². The fraction of sp³-hybridized carbons (Fsp3) is 0.208. The minimum absolute atomic E-state index is 0.139. The smallest absolute Gasteiger partial charge is 0.504 e. The third-order valence-corrected chi connectivity index (χ3v) is 5.58. The van der Waals surface area contributed by atoms with E-state index in [-0.39, 0.29) is 28.7 Å². The SMILES string of the molecule is COc1ccc(-c2cc(NC(=O)C3(c4ccc(O)c(O)c4)CC3)ccc2OC(F)(F)F)cc1. The summed E-state index contributed by atoms with van der Waals surface area (Å²) in [6.45, 7) is 0. The van der Waals surface area contributed by atoms with Crippen LogP contribution in [0.2, 0.25) is 0 Å². The Hall–Kier alpha value is -3.88. The maximum Gasteiger partial charge on any atom is 0.573 e. The highest BCUT2D eigenvalue weighted by Crippen LogP contribution is 2.50. The van der Waals surface area contributed by atoms with Crippen molar-refractivity contribution in [2.75, 3.05) is 12.4 Å². The summed E-state index contributed by atoms with van der Waals surface area (Å²) in [5, 5.41) is 22.1. The topological polar surface area (TPSA) is 88.0 Å². The molecule has 33 heavy (non-hydrogen) atoms. The number of phenols is 2. The Morgan fingerprint density at radius 2 is 1.67 bits per heavy atom. The summed E-state index contributed by atoms with van der Waals surface area (Å²) in [6.07, 6.45) is -3.82. The zero-order chi connectivity index (χ0) is 23.8. The molecule has 0 heterocycles. The molecule has 1 fully saturated rings. The van der Waals surface area contributed by atoms with Crippen molar-refractivity contribution in [2.24, 2.45) is 0 Å². The molecule has 9 heteroatoms. The number of phenolic OH excluding ortho intramolecular Hbond substituents is 2. The second-order valence-corrected chi connectivity index (χ2v) is 7.73. The van der Waals surface area contributed by atoms with Gasteiger partial charge in [-0.3, -0.25) is 4.79 Å². The number of alkyl halides is 3. The summed E-state index contributed by atoms with van der Waals surface area (Å²) in [6, 6.07) is 14.5. The molecule has 3 aromatic carbocycles. The number of carbonyl (C=O) groups is 1. The van der Waals surface area contributed by atoms with Crippen molar-refractivity contribution in [3.05, 3.63) is 66.2 Å². The van der Waals surface area contributed by atoms with E-state index in [1.165, 1.54) is 31.4 Å². The first-order chi connectivity index (χ1) is 15.6. The van der Waals surface area contributed by atoms with Gasteiger partial charge in [-0.2, -0.15) is 0 Å². The Balaban J connectivity index is 1.65. The molecule has 0 radical (unpaired) electrons. The van der Waals surface area contributed by atoms with Crippen molar-refractivity contribution in [1.29, 1.82) is 0 Å². The number of rotatable bonds is 6. The standard InChI is InChI=1S/C24H20F3NO5/c1-32-17-6-2-14(3-7-17)18-13-16(5-9-21(18)33-24(25,26)27)28-22(31)23(10-11-23)15-4-8-19(29)20(30)12-15/h2-9,12-13,29-30H,10-11H2,1H3,(H,28,31). The molecular formula is C24H20F3NO5. The van der Waals surface area contributed by atoms with Gasteiger partial charge in [-0.05, 0) is 66.4 Å². The first-order valence-corrected chi connectivity index (χ1v) is 9.99. The number of nitrogens with one attached hydrogen (secondary N) is 1. The van der Waals surface area contributed by atoms with Crippen molar-refractivity contribution in [1.82, 2.24) is 0 Å². The molecule has 1 amide bonds. The second-order valence-electron chi connectivity index (χ2n) is 7.73. The van der Waals surface area contributed by atoms with Crippen LogP contribution in [0.15, 0.2) is 60.7 Å². The first-order valence-electron chi connectivity index (χ1n) is 9.99. The lowest BCUT2D eigenvalue weighted by molar-refractivity contribution is -0.274. The van der Waals surface area contributed by atoms with Crippen LogP contribution >= 0.6 is 0 Å². The summed E-state index contributed by atoms with van der Waals surface area (Å²) in [4.78, 5) is 13.1. The number of hydrogen-bond donors (Lipinski definition) is 3. The average molecular weight is 459 g/mol. The Morgan fingerprint density at radius 3 is 2.24 bits per heavy atom. The van der Waals surface area contributed by atoms with Gasteiger partial charge in [0.05, 0.1) is 12.5 Å². The molecule has 0 unspecified atom stereocenters. The lowest BCUT2D eigenvalue weighted by Crippen LogP contribution is -2.27. The minimum atomic E-state index is -4.88. The Kier molecular flexibility index (Phi) is 5.57. The van der Waals surface area contributed by atoms with Crippen LogP contribution in [0.4, 0.5) is 18.9 Å². The van der Waals surface area contributed by atoms with Gasteiger partial charge < -0.3 is 25.0 Å². The van der Waals surface area contributed by atoms with E-state index < -0.39 is 17.5 Å². The highest BCUT2D eigenvalue weighted by Gasteiger charge is 2.51. The van der Waals surface area contributed by atoms with Gasteiger partial charge in [-0.25, -0.2) is 0 Å². The van der Waals surface area contributed by atoms with E-state index in [1.54, 1.807) is 30.3 Å². The molecule has 0 aromatic heterocycles. The highest BCUT2D eigenvalue weighted by molar-refractivity contribution is 6.02. The molecule has 0 spiro atoms. The highest BCUT2D eigenvalue weighted by atomic mass is 19.4. The number of amides is 1. The van der Waals surface area contributed by atoms with Crippen LogP contribution in [-0.4, -0.2) is 29.6 Å². The molecule has 0 atom stereocenters. The lowest BCUT2D eigenvalue weighted by atomic mass is 9.94. The van der Waals surface area contributed by atoms with Gasteiger partial charge in [-0.1, -0.05) is 18.2 Å². The molecule has 6 nitrogen and oxygen atoms in total. The molecule has 172 valence electrons. The maximum absolute atomic E-state index is 13.1. The molecule has 3 N–H and O–H groups in total. The summed E-state index contributed by atoms with van der Waals surface area (Å²) in [5.74, 6) is -0.858. The second kappa shape index (κ2) is 8.23. The van der Waals surface area contributed by atoms with Gasteiger partial charge in [0.1, 0.15) is 11.5 Å². The van der Waals surface area contributed by atoms with Crippen molar-refractivity contribution in [3.63, 3.8) is 0 Å². The largest absolute Gasteiger partial charge is 0.573 e. The number of aromatic hydroxyl groups is 2. The number of ether oxygens (including phenoxy) is 2. The quantitative estimate of drug-likeness (QED) is 0.433. The fourth-order valence-electron chi connectivity index (χ4n) is 3.66. The van der Waals surface area contributed by atoms with E-state index in [1.807, 2.05) is 0 Å². The van der Waals surface area contributed by atoms with Gasteiger partial charge in [0.2, 0.25) is 5.91 Å². The van der Waals surface area contributed by atoms with Gasteiger partial charge in [0.15, 0.2) is 11.5 Å². The molecule has 3 aromatic rings. The molecule has 1 saturated carbocycles. The van der Waals surface area contributed by atoms with E-state index in [0.717, 1.165) is 6.07 Å². The first kappa shape index (κ1) is 22.3. The monoisotopic (exact) mass is 459 g/mol. The number of carbonyl (C=O) groups excluding carboxylic acids is 1. The minimum Gasteiger partial charge on any atom is -0.504 e. The zero-order valence-corrected chi connectivity index (χ0v) is 17.4. The number of anilines is 1. The molecule has 1 aliphatic carbocycles.